The zero-order valence-electron chi connectivity index (χ0n) is 24.3. The van der Waals surface area contributed by atoms with Gasteiger partial charge in [-0.15, -0.1) is 5.10 Å². The van der Waals surface area contributed by atoms with Gasteiger partial charge in [-0.2, -0.15) is 0 Å². The highest BCUT2D eigenvalue weighted by Crippen LogP contribution is 2.69. The third-order valence-corrected chi connectivity index (χ3v) is 12.5. The number of fused-ring (bicyclic) bond motifs is 5. The fourth-order valence-electron chi connectivity index (χ4n) is 10.5. The average Bonchev–Trinajstić information content (AvgIpc) is 3.58. The van der Waals surface area contributed by atoms with E-state index in [9.17, 15) is 10.2 Å². The molecule has 0 bridgehead atoms. The van der Waals surface area contributed by atoms with Crippen molar-refractivity contribution in [3.05, 3.63) is 35.9 Å². The monoisotopic (exact) mass is 532 g/mol. The minimum Gasteiger partial charge on any atom is -0.393 e. The van der Waals surface area contributed by atoms with Gasteiger partial charge < -0.3 is 10.2 Å². The standard InChI is InChI=1S/C33H48N4O2/c1-5-24-28-19-23(38)15-17-33(28,4)27-16-18-32(3)25(13-14-26(32)29(27)30(24)39)20(2)7-6-8-21-9-11-22(12-10-21)31-34-36-37-35-31/h6,8-12,20,23-30,38-39H,5,7,13-19H2,1-4H3,(H,34,35,36,37)/b8-6+/t20-,23-,24-,25-,26+,27+,28+,29+,30-,32-,33-/m1/s1. The summed E-state index contributed by atoms with van der Waals surface area (Å²) in [5.41, 5.74) is 2.78. The number of aromatic amines is 1. The predicted octanol–water partition coefficient (Wildman–Crippen LogP) is 6.53. The second-order valence-corrected chi connectivity index (χ2v) is 14.1. The number of nitrogens with one attached hydrogen (secondary N) is 1. The summed E-state index contributed by atoms with van der Waals surface area (Å²) in [5.74, 6) is 4.49. The highest BCUT2D eigenvalue weighted by atomic mass is 16.3. The maximum atomic E-state index is 11.9. The summed E-state index contributed by atoms with van der Waals surface area (Å²) < 4.78 is 0. The van der Waals surface area contributed by atoms with Crippen molar-refractivity contribution in [3.63, 3.8) is 0 Å². The van der Waals surface area contributed by atoms with Crippen molar-refractivity contribution in [3.8, 4) is 11.4 Å². The minimum atomic E-state index is -0.210. The van der Waals surface area contributed by atoms with Gasteiger partial charge in [-0.25, -0.2) is 5.10 Å². The van der Waals surface area contributed by atoms with Gasteiger partial charge in [0.2, 0.25) is 0 Å². The second-order valence-electron chi connectivity index (χ2n) is 14.1. The number of aromatic nitrogens is 4. The number of H-pyrrole nitrogens is 1. The third kappa shape index (κ3) is 4.50. The van der Waals surface area contributed by atoms with Crippen LogP contribution in [0.2, 0.25) is 0 Å². The van der Waals surface area contributed by atoms with Crippen LogP contribution in [0.3, 0.4) is 0 Å². The molecule has 212 valence electrons. The number of aliphatic hydroxyl groups is 2. The van der Waals surface area contributed by atoms with E-state index in [-0.39, 0.29) is 17.6 Å². The average molecular weight is 533 g/mol. The maximum Gasteiger partial charge on any atom is 0.179 e. The van der Waals surface area contributed by atoms with Gasteiger partial charge in [0.1, 0.15) is 0 Å². The first-order chi connectivity index (χ1) is 18.8. The first kappa shape index (κ1) is 27.1. The smallest absolute Gasteiger partial charge is 0.179 e. The lowest BCUT2D eigenvalue weighted by molar-refractivity contribution is -0.203. The number of allylic oxidation sites excluding steroid dienone is 1. The Bertz CT molecular complexity index is 1150. The van der Waals surface area contributed by atoms with Crippen molar-refractivity contribution in [2.45, 2.75) is 97.7 Å². The molecule has 0 unspecified atom stereocenters. The molecule has 0 amide bonds. The highest BCUT2D eigenvalue weighted by molar-refractivity contribution is 5.59. The molecule has 1 heterocycles. The van der Waals surface area contributed by atoms with Crippen LogP contribution in [-0.2, 0) is 0 Å². The lowest BCUT2D eigenvalue weighted by Gasteiger charge is -2.64. The van der Waals surface area contributed by atoms with E-state index >= 15 is 0 Å². The van der Waals surface area contributed by atoms with Crippen LogP contribution >= 0.6 is 0 Å². The molecule has 39 heavy (non-hydrogen) atoms. The summed E-state index contributed by atoms with van der Waals surface area (Å²) in [4.78, 5) is 0. The van der Waals surface area contributed by atoms with Crippen LogP contribution in [0.5, 0.6) is 0 Å². The van der Waals surface area contributed by atoms with Crippen molar-refractivity contribution in [2.24, 2.45) is 52.3 Å². The predicted molar refractivity (Wildman–Crippen MR) is 154 cm³/mol. The van der Waals surface area contributed by atoms with Crippen LogP contribution in [0.1, 0.15) is 91.0 Å². The SMILES string of the molecule is CC[C@H]1[C@@H](O)[C@@H]2[C@H](CC[C@]3(C)[C@@H]([C@H](C)C/C=C/c4ccc(-c5nnn[nH]5)cc4)CC[C@@H]23)[C@@]2(C)CC[C@@H](O)C[C@@H]12. The summed E-state index contributed by atoms with van der Waals surface area (Å²) in [6.45, 7) is 9.84. The van der Waals surface area contributed by atoms with Crippen molar-refractivity contribution < 1.29 is 10.2 Å². The van der Waals surface area contributed by atoms with Crippen LogP contribution in [0.15, 0.2) is 30.3 Å². The molecule has 0 saturated heterocycles. The molecule has 4 aliphatic carbocycles. The van der Waals surface area contributed by atoms with E-state index in [1.54, 1.807) is 0 Å². The third-order valence-electron chi connectivity index (χ3n) is 12.5. The van der Waals surface area contributed by atoms with Crippen molar-refractivity contribution in [1.82, 2.24) is 20.6 Å². The first-order valence-electron chi connectivity index (χ1n) is 15.6. The molecule has 3 N–H and O–H groups in total. The maximum absolute atomic E-state index is 11.9. The Kier molecular flexibility index (Phi) is 7.24. The van der Waals surface area contributed by atoms with Gasteiger partial charge in [-0.1, -0.05) is 70.5 Å². The molecule has 1 aromatic heterocycles. The topological polar surface area (TPSA) is 94.9 Å². The molecular weight excluding hydrogens is 484 g/mol. The molecule has 6 heteroatoms. The zero-order chi connectivity index (χ0) is 27.4. The van der Waals surface area contributed by atoms with Crippen molar-refractivity contribution in [1.29, 1.82) is 0 Å². The molecule has 6 rings (SSSR count). The Labute approximate surface area is 234 Å². The number of hydrogen-bond donors (Lipinski definition) is 3. The Morgan fingerprint density at radius 3 is 2.46 bits per heavy atom. The molecule has 11 atom stereocenters. The molecule has 4 aliphatic rings. The summed E-state index contributed by atoms with van der Waals surface area (Å²) in [5, 5.41) is 36.6. The van der Waals surface area contributed by atoms with Gasteiger partial charge in [-0.3, -0.25) is 0 Å². The van der Waals surface area contributed by atoms with E-state index in [1.165, 1.54) is 31.2 Å². The summed E-state index contributed by atoms with van der Waals surface area (Å²) in [7, 11) is 0. The highest BCUT2D eigenvalue weighted by Gasteiger charge is 2.64. The van der Waals surface area contributed by atoms with Gasteiger partial charge in [0.05, 0.1) is 12.2 Å². The van der Waals surface area contributed by atoms with Gasteiger partial charge in [0, 0.05) is 5.56 Å². The molecule has 0 spiro atoms. The molecule has 2 aromatic rings. The Morgan fingerprint density at radius 2 is 1.74 bits per heavy atom. The van der Waals surface area contributed by atoms with E-state index < -0.39 is 0 Å². The number of hydrogen-bond acceptors (Lipinski definition) is 5. The van der Waals surface area contributed by atoms with Gasteiger partial charge in [0.15, 0.2) is 5.82 Å². The number of tetrazole rings is 1. The van der Waals surface area contributed by atoms with E-state index in [0.29, 0.717) is 52.7 Å². The molecule has 4 fully saturated rings. The summed E-state index contributed by atoms with van der Waals surface area (Å²) in [6, 6.07) is 8.37. The number of benzene rings is 1. The largest absolute Gasteiger partial charge is 0.393 e. The summed E-state index contributed by atoms with van der Waals surface area (Å²) >= 11 is 0. The quantitative estimate of drug-likeness (QED) is 0.393. The first-order valence-corrected chi connectivity index (χ1v) is 15.6. The molecule has 1 aromatic carbocycles. The normalized spacial score (nSPS) is 42.6. The molecule has 0 aliphatic heterocycles. The zero-order valence-corrected chi connectivity index (χ0v) is 24.3. The van der Waals surface area contributed by atoms with E-state index in [2.05, 4.69) is 84.7 Å². The van der Waals surface area contributed by atoms with Crippen molar-refractivity contribution >= 4 is 6.08 Å². The van der Waals surface area contributed by atoms with Crippen LogP contribution < -0.4 is 0 Å². The van der Waals surface area contributed by atoms with Crippen LogP contribution in [-0.4, -0.2) is 43.0 Å². The number of rotatable bonds is 6. The van der Waals surface area contributed by atoms with Gasteiger partial charge >= 0.3 is 0 Å². The fraction of sp³-hybridized carbons (Fsp3) is 0.727. The van der Waals surface area contributed by atoms with Crippen LogP contribution in [0, 0.1) is 52.3 Å². The Morgan fingerprint density at radius 1 is 1.00 bits per heavy atom. The lowest BCUT2D eigenvalue weighted by atomic mass is 9.41. The minimum absolute atomic E-state index is 0.178. The van der Waals surface area contributed by atoms with E-state index in [1.807, 2.05) is 0 Å². The second kappa shape index (κ2) is 10.4. The lowest BCUT2D eigenvalue weighted by Crippen LogP contribution is -2.62. The van der Waals surface area contributed by atoms with E-state index in [4.69, 9.17) is 0 Å². The molecule has 0 radical (unpaired) electrons. The Balaban J connectivity index is 1.15. The molecule has 6 nitrogen and oxygen atoms in total. The van der Waals surface area contributed by atoms with Crippen molar-refractivity contribution in [2.75, 3.05) is 0 Å². The van der Waals surface area contributed by atoms with Crippen LogP contribution in [0.4, 0.5) is 0 Å². The fourth-order valence-corrected chi connectivity index (χ4v) is 10.5. The summed E-state index contributed by atoms with van der Waals surface area (Å²) in [6.07, 6.45) is 14.4. The number of aliphatic hydroxyl groups excluding tert-OH is 2. The number of nitrogens with zero attached hydrogens (tertiary/aromatic N) is 3. The van der Waals surface area contributed by atoms with Gasteiger partial charge in [-0.05, 0) is 120 Å². The van der Waals surface area contributed by atoms with Gasteiger partial charge in [0.25, 0.3) is 0 Å². The van der Waals surface area contributed by atoms with E-state index in [0.717, 1.165) is 37.7 Å². The Hall–Kier alpha value is -2.05. The molecule has 4 saturated carbocycles. The molecular formula is C33H48N4O2. The van der Waals surface area contributed by atoms with Crippen LogP contribution in [0.25, 0.3) is 17.5 Å².